The van der Waals surface area contributed by atoms with Crippen molar-refractivity contribution in [3.05, 3.63) is 29.3 Å². The van der Waals surface area contributed by atoms with Gasteiger partial charge in [-0.15, -0.1) is 0 Å². The van der Waals surface area contributed by atoms with Crippen LogP contribution in [0.3, 0.4) is 0 Å². The summed E-state index contributed by atoms with van der Waals surface area (Å²) in [6.07, 6.45) is 0.703. The number of carbonyl (C=O) groups is 2. The van der Waals surface area contributed by atoms with Gasteiger partial charge in [-0.05, 0) is 30.7 Å². The third kappa shape index (κ3) is 5.55. The zero-order valence-corrected chi connectivity index (χ0v) is 12.9. The number of hydrogen-bond acceptors (Lipinski definition) is 4. The summed E-state index contributed by atoms with van der Waals surface area (Å²) in [5.41, 5.74) is 1.06. The van der Waals surface area contributed by atoms with Crippen LogP contribution in [-0.4, -0.2) is 22.6 Å². The Labute approximate surface area is 129 Å². The predicted molar refractivity (Wildman–Crippen MR) is 83.0 cm³/mol. The highest BCUT2D eigenvalue weighted by molar-refractivity contribution is 6.30. The van der Waals surface area contributed by atoms with Crippen molar-refractivity contribution in [1.29, 1.82) is 0 Å². The van der Waals surface area contributed by atoms with Gasteiger partial charge in [-0.1, -0.05) is 30.6 Å². The number of benzene rings is 1. The number of halogens is 1. The zero-order valence-electron chi connectivity index (χ0n) is 12.1. The Morgan fingerprint density at radius 2 is 1.90 bits per heavy atom. The fourth-order valence-corrected chi connectivity index (χ4v) is 1.99. The summed E-state index contributed by atoms with van der Waals surface area (Å²) >= 11 is 5.75. The van der Waals surface area contributed by atoms with E-state index in [0.29, 0.717) is 22.8 Å². The van der Waals surface area contributed by atoms with Crippen molar-refractivity contribution in [3.8, 4) is 0 Å². The lowest BCUT2D eigenvalue weighted by Gasteiger charge is -2.10. The number of nitrogens with one attached hydrogen (secondary N) is 1. The number of rotatable bonds is 7. The van der Waals surface area contributed by atoms with Crippen LogP contribution in [0.25, 0.3) is 0 Å². The van der Waals surface area contributed by atoms with Crippen LogP contribution in [0.4, 0.5) is 5.69 Å². The van der Waals surface area contributed by atoms with Crippen molar-refractivity contribution in [2.24, 2.45) is 11.1 Å². The highest BCUT2D eigenvalue weighted by Gasteiger charge is 2.19. The maximum atomic E-state index is 11.9. The van der Waals surface area contributed by atoms with Crippen LogP contribution in [-0.2, 0) is 9.59 Å². The van der Waals surface area contributed by atoms with Gasteiger partial charge in [-0.2, -0.15) is 0 Å². The minimum atomic E-state index is -0.469. The molecule has 1 unspecified atom stereocenters. The van der Waals surface area contributed by atoms with E-state index in [0.717, 1.165) is 0 Å². The third-order valence-electron chi connectivity index (χ3n) is 3.20. The van der Waals surface area contributed by atoms with Crippen molar-refractivity contribution in [2.45, 2.75) is 33.1 Å². The Bertz CT molecular complexity index is 526. The van der Waals surface area contributed by atoms with Gasteiger partial charge in [-0.25, -0.2) is 0 Å². The first-order chi connectivity index (χ1) is 9.97. The SMILES string of the molecule is CC/C(=N/O)C(C)C(=O)CCC(=O)Nc1ccc(Cl)cc1. The van der Waals surface area contributed by atoms with E-state index in [4.69, 9.17) is 16.8 Å². The maximum Gasteiger partial charge on any atom is 0.224 e. The maximum absolute atomic E-state index is 11.9. The molecule has 0 fully saturated rings. The van der Waals surface area contributed by atoms with E-state index in [-0.39, 0.29) is 24.5 Å². The van der Waals surface area contributed by atoms with Crippen LogP contribution in [0.1, 0.15) is 33.1 Å². The Hall–Kier alpha value is -1.88. The van der Waals surface area contributed by atoms with Gasteiger partial charge >= 0.3 is 0 Å². The van der Waals surface area contributed by atoms with E-state index in [1.807, 2.05) is 6.92 Å². The second-order valence-corrected chi connectivity index (χ2v) is 5.12. The highest BCUT2D eigenvalue weighted by Crippen LogP contribution is 2.14. The minimum Gasteiger partial charge on any atom is -0.411 e. The molecule has 114 valence electrons. The smallest absolute Gasteiger partial charge is 0.224 e. The summed E-state index contributed by atoms with van der Waals surface area (Å²) in [5.74, 6) is -0.823. The highest BCUT2D eigenvalue weighted by atomic mass is 35.5. The van der Waals surface area contributed by atoms with Gasteiger partial charge in [-0.3, -0.25) is 9.59 Å². The normalized spacial score (nSPS) is 12.8. The van der Waals surface area contributed by atoms with E-state index in [2.05, 4.69) is 10.5 Å². The van der Waals surface area contributed by atoms with E-state index in [1.54, 1.807) is 31.2 Å². The third-order valence-corrected chi connectivity index (χ3v) is 3.45. The molecule has 0 spiro atoms. The molecule has 0 aliphatic heterocycles. The van der Waals surface area contributed by atoms with Gasteiger partial charge in [0, 0.05) is 23.6 Å². The monoisotopic (exact) mass is 310 g/mol. The molecule has 0 aliphatic carbocycles. The summed E-state index contributed by atoms with van der Waals surface area (Å²) in [6.45, 7) is 3.49. The topological polar surface area (TPSA) is 78.8 Å². The molecule has 0 aromatic heterocycles. The van der Waals surface area contributed by atoms with Gasteiger partial charge in [0.15, 0.2) is 0 Å². The number of ketones is 1. The first-order valence-electron chi connectivity index (χ1n) is 6.76. The quantitative estimate of drug-likeness (QED) is 0.459. The molecule has 0 bridgehead atoms. The van der Waals surface area contributed by atoms with Crippen LogP contribution in [0.5, 0.6) is 0 Å². The van der Waals surface area contributed by atoms with Crippen LogP contribution < -0.4 is 5.32 Å². The van der Waals surface area contributed by atoms with Crippen molar-refractivity contribution in [1.82, 2.24) is 0 Å². The summed E-state index contributed by atoms with van der Waals surface area (Å²) in [5, 5.41) is 15.2. The van der Waals surface area contributed by atoms with Gasteiger partial charge in [0.1, 0.15) is 5.78 Å². The first kappa shape index (κ1) is 17.2. The zero-order chi connectivity index (χ0) is 15.8. The molecule has 1 rings (SSSR count). The Morgan fingerprint density at radius 1 is 1.29 bits per heavy atom. The molecule has 0 aliphatic rings. The van der Waals surface area contributed by atoms with E-state index in [1.165, 1.54) is 0 Å². The molecule has 21 heavy (non-hydrogen) atoms. The van der Waals surface area contributed by atoms with Crippen LogP contribution >= 0.6 is 11.6 Å². The molecule has 1 aromatic carbocycles. The van der Waals surface area contributed by atoms with E-state index < -0.39 is 5.92 Å². The van der Waals surface area contributed by atoms with Gasteiger partial charge < -0.3 is 10.5 Å². The molecule has 1 atom stereocenters. The molecule has 1 aromatic rings. The number of nitrogens with zero attached hydrogens (tertiary/aromatic N) is 1. The second-order valence-electron chi connectivity index (χ2n) is 4.69. The van der Waals surface area contributed by atoms with Gasteiger partial charge in [0.05, 0.1) is 11.6 Å². The summed E-state index contributed by atoms with van der Waals surface area (Å²) in [7, 11) is 0. The minimum absolute atomic E-state index is 0.0915. The average Bonchev–Trinajstić information content (AvgIpc) is 2.48. The molecule has 0 saturated heterocycles. The number of amides is 1. The van der Waals surface area contributed by atoms with Crippen molar-refractivity contribution in [2.75, 3.05) is 5.32 Å². The van der Waals surface area contributed by atoms with Gasteiger partial charge in [0.2, 0.25) is 5.91 Å². The molecule has 0 heterocycles. The molecule has 0 radical (unpaired) electrons. The Morgan fingerprint density at radius 3 is 2.43 bits per heavy atom. The van der Waals surface area contributed by atoms with E-state index >= 15 is 0 Å². The number of hydrogen-bond donors (Lipinski definition) is 2. The molecule has 5 nitrogen and oxygen atoms in total. The average molecular weight is 311 g/mol. The molecule has 6 heteroatoms. The largest absolute Gasteiger partial charge is 0.411 e. The summed E-state index contributed by atoms with van der Waals surface area (Å²) in [6, 6.07) is 6.74. The summed E-state index contributed by atoms with van der Waals surface area (Å²) in [4.78, 5) is 23.7. The Kier molecular flexibility index (Phi) is 6.88. The molecule has 2 N–H and O–H groups in total. The van der Waals surface area contributed by atoms with Crippen molar-refractivity contribution >= 4 is 34.7 Å². The summed E-state index contributed by atoms with van der Waals surface area (Å²) < 4.78 is 0. The van der Waals surface area contributed by atoms with Crippen LogP contribution in [0, 0.1) is 5.92 Å². The lowest BCUT2D eigenvalue weighted by atomic mass is 9.95. The van der Waals surface area contributed by atoms with Crippen molar-refractivity contribution in [3.63, 3.8) is 0 Å². The molecular formula is C15H19ClN2O3. The van der Waals surface area contributed by atoms with Gasteiger partial charge in [0.25, 0.3) is 0 Å². The Balaban J connectivity index is 2.46. The first-order valence-corrected chi connectivity index (χ1v) is 7.14. The molecule has 0 saturated carbocycles. The second kappa shape index (κ2) is 8.42. The molecule has 1 amide bonds. The number of carbonyl (C=O) groups excluding carboxylic acids is 2. The predicted octanol–water partition coefficient (Wildman–Crippen LogP) is 3.50. The lowest BCUT2D eigenvalue weighted by Crippen LogP contribution is -2.22. The van der Waals surface area contributed by atoms with Crippen molar-refractivity contribution < 1.29 is 14.8 Å². The standard InChI is InChI=1S/C15H19ClN2O3/c1-3-13(18-21)10(2)14(19)8-9-15(20)17-12-6-4-11(16)5-7-12/h4-7,10,21H,3,8-9H2,1-2H3,(H,17,20)/b18-13-. The molecular weight excluding hydrogens is 292 g/mol. The van der Waals surface area contributed by atoms with E-state index in [9.17, 15) is 9.59 Å². The van der Waals surface area contributed by atoms with Crippen LogP contribution in [0.15, 0.2) is 29.4 Å². The fourth-order valence-electron chi connectivity index (χ4n) is 1.86. The van der Waals surface area contributed by atoms with Crippen LogP contribution in [0.2, 0.25) is 5.02 Å². The lowest BCUT2D eigenvalue weighted by molar-refractivity contribution is -0.124. The number of oxime groups is 1. The number of Topliss-reactive ketones (excluding diaryl/α,β-unsaturated/α-hetero) is 1. The fraction of sp³-hybridized carbons (Fsp3) is 0.400. The number of anilines is 1.